The van der Waals surface area contributed by atoms with Crippen LogP contribution in [0.2, 0.25) is 0 Å². The fraction of sp³-hybridized carbons (Fsp3) is 0.667. The molecule has 0 radical (unpaired) electrons. The van der Waals surface area contributed by atoms with E-state index in [1.807, 2.05) is 0 Å². The maximum atomic E-state index is 13.1. The van der Waals surface area contributed by atoms with Gasteiger partial charge in [0, 0.05) is 32.2 Å². The highest BCUT2D eigenvalue weighted by Gasteiger charge is 2.28. The first-order chi connectivity index (χ1) is 15.0. The molecule has 0 unspecified atom stereocenters. The number of rotatable bonds is 7. The standard InChI is InChI=1S/C21H32N4O5S/c26-21(16-22-17-3-1-2-4-17)23-19-15-18(31(27,28)25-9-13-30-14-10-25)5-6-20(19)24-7-11-29-12-8-24/h5-6,15,17,22H,1-4,7-14,16H2,(H,23,26). The number of nitrogens with zero attached hydrogens (tertiary/aromatic N) is 2. The molecule has 3 aliphatic rings. The zero-order chi connectivity index (χ0) is 21.7. The van der Waals surface area contributed by atoms with Gasteiger partial charge in [0.2, 0.25) is 15.9 Å². The van der Waals surface area contributed by atoms with Crippen molar-refractivity contribution in [3.8, 4) is 0 Å². The highest BCUT2D eigenvalue weighted by Crippen LogP contribution is 2.31. The van der Waals surface area contributed by atoms with Crippen LogP contribution in [-0.4, -0.2) is 83.8 Å². The molecule has 0 bridgehead atoms. The number of anilines is 2. The molecule has 1 aliphatic carbocycles. The Labute approximate surface area is 184 Å². The number of ether oxygens (including phenoxy) is 2. The average molecular weight is 453 g/mol. The Kier molecular flexibility index (Phi) is 7.44. The summed E-state index contributed by atoms with van der Waals surface area (Å²) < 4.78 is 38.4. The molecule has 0 spiro atoms. The quantitative estimate of drug-likeness (QED) is 0.637. The Morgan fingerprint density at radius 1 is 1.00 bits per heavy atom. The molecule has 2 N–H and O–H groups in total. The molecule has 9 nitrogen and oxygen atoms in total. The van der Waals surface area contributed by atoms with E-state index in [4.69, 9.17) is 9.47 Å². The number of hydrogen-bond donors (Lipinski definition) is 2. The summed E-state index contributed by atoms with van der Waals surface area (Å²) in [5.74, 6) is -0.165. The van der Waals surface area contributed by atoms with E-state index < -0.39 is 10.0 Å². The molecule has 2 saturated heterocycles. The highest BCUT2D eigenvalue weighted by molar-refractivity contribution is 7.89. The van der Waals surface area contributed by atoms with Crippen molar-refractivity contribution in [1.29, 1.82) is 0 Å². The van der Waals surface area contributed by atoms with E-state index in [0.29, 0.717) is 64.3 Å². The van der Waals surface area contributed by atoms with Crippen molar-refractivity contribution >= 4 is 27.3 Å². The fourth-order valence-electron chi connectivity index (χ4n) is 4.35. The van der Waals surface area contributed by atoms with Gasteiger partial charge in [0.1, 0.15) is 0 Å². The molecule has 0 atom stereocenters. The molecular formula is C21H32N4O5S. The first-order valence-corrected chi connectivity index (χ1v) is 12.6. The Balaban J connectivity index is 1.54. The number of benzene rings is 1. The summed E-state index contributed by atoms with van der Waals surface area (Å²) in [6.07, 6.45) is 4.59. The van der Waals surface area contributed by atoms with Gasteiger partial charge in [0.15, 0.2) is 0 Å². The Morgan fingerprint density at radius 3 is 2.32 bits per heavy atom. The topological polar surface area (TPSA) is 100 Å². The van der Waals surface area contributed by atoms with Gasteiger partial charge in [0.05, 0.1) is 49.2 Å². The van der Waals surface area contributed by atoms with Gasteiger partial charge in [-0.3, -0.25) is 4.79 Å². The van der Waals surface area contributed by atoms with E-state index in [-0.39, 0.29) is 17.3 Å². The Morgan fingerprint density at radius 2 is 1.65 bits per heavy atom. The minimum Gasteiger partial charge on any atom is -0.379 e. The van der Waals surface area contributed by atoms with Crippen molar-refractivity contribution in [2.45, 2.75) is 36.6 Å². The molecule has 2 heterocycles. The first kappa shape index (κ1) is 22.5. The van der Waals surface area contributed by atoms with E-state index in [9.17, 15) is 13.2 Å². The molecule has 3 fully saturated rings. The Bertz CT molecular complexity index is 861. The summed E-state index contributed by atoms with van der Waals surface area (Å²) in [5.41, 5.74) is 1.34. The maximum absolute atomic E-state index is 13.1. The van der Waals surface area contributed by atoms with Crippen LogP contribution in [0, 0.1) is 0 Å². The lowest BCUT2D eigenvalue weighted by Gasteiger charge is -2.31. The second kappa shape index (κ2) is 10.3. The molecule has 1 saturated carbocycles. The minimum atomic E-state index is -3.65. The van der Waals surface area contributed by atoms with Crippen LogP contribution in [0.25, 0.3) is 0 Å². The molecule has 10 heteroatoms. The lowest BCUT2D eigenvalue weighted by Crippen LogP contribution is -2.41. The molecule has 1 amide bonds. The number of carbonyl (C=O) groups excluding carboxylic acids is 1. The second-order valence-corrected chi connectivity index (χ2v) is 10.1. The lowest BCUT2D eigenvalue weighted by molar-refractivity contribution is -0.115. The van der Waals surface area contributed by atoms with Crippen molar-refractivity contribution in [2.75, 3.05) is 69.4 Å². The van der Waals surface area contributed by atoms with Crippen LogP contribution in [0.15, 0.2) is 23.1 Å². The van der Waals surface area contributed by atoms with Gasteiger partial charge in [-0.15, -0.1) is 0 Å². The van der Waals surface area contributed by atoms with E-state index in [1.165, 1.54) is 17.1 Å². The minimum absolute atomic E-state index is 0.165. The largest absolute Gasteiger partial charge is 0.379 e. The molecule has 0 aromatic heterocycles. The van der Waals surface area contributed by atoms with Crippen LogP contribution < -0.4 is 15.5 Å². The second-order valence-electron chi connectivity index (χ2n) is 8.21. The summed E-state index contributed by atoms with van der Waals surface area (Å²) in [7, 11) is -3.65. The van der Waals surface area contributed by atoms with Crippen molar-refractivity contribution in [3.05, 3.63) is 18.2 Å². The zero-order valence-corrected chi connectivity index (χ0v) is 18.7. The van der Waals surface area contributed by atoms with Gasteiger partial charge < -0.3 is 25.0 Å². The Hall–Kier alpha value is -1.72. The van der Waals surface area contributed by atoms with E-state index >= 15 is 0 Å². The monoisotopic (exact) mass is 452 g/mol. The third-order valence-corrected chi connectivity index (χ3v) is 8.00. The normalized spacial score (nSPS) is 21.4. The third-order valence-electron chi connectivity index (χ3n) is 6.11. The first-order valence-electron chi connectivity index (χ1n) is 11.1. The van der Waals surface area contributed by atoms with Crippen molar-refractivity contribution < 1.29 is 22.7 Å². The number of amides is 1. The van der Waals surface area contributed by atoms with Crippen LogP contribution in [0.5, 0.6) is 0 Å². The van der Waals surface area contributed by atoms with Crippen LogP contribution in [-0.2, 0) is 24.3 Å². The van der Waals surface area contributed by atoms with E-state index in [0.717, 1.165) is 18.5 Å². The van der Waals surface area contributed by atoms with Crippen molar-refractivity contribution in [2.24, 2.45) is 0 Å². The number of nitrogens with one attached hydrogen (secondary N) is 2. The highest BCUT2D eigenvalue weighted by atomic mass is 32.2. The van der Waals surface area contributed by atoms with Gasteiger partial charge in [-0.05, 0) is 31.0 Å². The van der Waals surface area contributed by atoms with Gasteiger partial charge >= 0.3 is 0 Å². The van der Waals surface area contributed by atoms with Crippen LogP contribution >= 0.6 is 0 Å². The molecule has 1 aromatic carbocycles. The van der Waals surface area contributed by atoms with Gasteiger partial charge in [0.25, 0.3) is 0 Å². The average Bonchev–Trinajstić information content (AvgIpc) is 3.33. The van der Waals surface area contributed by atoms with Crippen LogP contribution in [0.3, 0.4) is 0 Å². The van der Waals surface area contributed by atoms with Gasteiger partial charge in [-0.1, -0.05) is 12.8 Å². The SMILES string of the molecule is O=C(CNC1CCCC1)Nc1cc(S(=O)(=O)N2CCOCC2)ccc1N1CCOCC1. The number of sulfonamides is 1. The number of hydrogen-bond acceptors (Lipinski definition) is 7. The predicted molar refractivity (Wildman–Crippen MR) is 118 cm³/mol. The smallest absolute Gasteiger partial charge is 0.243 e. The number of carbonyl (C=O) groups is 1. The summed E-state index contributed by atoms with van der Waals surface area (Å²) in [6.45, 7) is 4.25. The van der Waals surface area contributed by atoms with E-state index in [2.05, 4.69) is 15.5 Å². The van der Waals surface area contributed by atoms with Gasteiger partial charge in [-0.25, -0.2) is 8.42 Å². The molecule has 172 valence electrons. The molecule has 4 rings (SSSR count). The third kappa shape index (κ3) is 5.56. The molecule has 1 aromatic rings. The lowest BCUT2D eigenvalue weighted by atomic mass is 10.2. The maximum Gasteiger partial charge on any atom is 0.243 e. The predicted octanol–water partition coefficient (Wildman–Crippen LogP) is 1.01. The summed E-state index contributed by atoms with van der Waals surface area (Å²) >= 11 is 0. The summed E-state index contributed by atoms with van der Waals surface area (Å²) in [5, 5.41) is 6.27. The van der Waals surface area contributed by atoms with Crippen LogP contribution in [0.4, 0.5) is 11.4 Å². The van der Waals surface area contributed by atoms with Crippen molar-refractivity contribution in [1.82, 2.24) is 9.62 Å². The molecular weight excluding hydrogens is 420 g/mol. The molecule has 2 aliphatic heterocycles. The van der Waals surface area contributed by atoms with Gasteiger partial charge in [-0.2, -0.15) is 4.31 Å². The van der Waals surface area contributed by atoms with Crippen LogP contribution in [0.1, 0.15) is 25.7 Å². The van der Waals surface area contributed by atoms with E-state index in [1.54, 1.807) is 18.2 Å². The summed E-state index contributed by atoms with van der Waals surface area (Å²) in [6, 6.07) is 5.39. The fourth-order valence-corrected chi connectivity index (χ4v) is 5.79. The molecule has 31 heavy (non-hydrogen) atoms. The zero-order valence-electron chi connectivity index (χ0n) is 17.8. The van der Waals surface area contributed by atoms with Crippen molar-refractivity contribution in [3.63, 3.8) is 0 Å². The summed E-state index contributed by atoms with van der Waals surface area (Å²) in [4.78, 5) is 15.0. The number of morpholine rings is 2.